The number of likely N-dealkylation sites (tertiary alicyclic amines) is 1. The molecule has 7 heteroatoms. The number of aryl methyl sites for hydroxylation is 2. The van der Waals surface area contributed by atoms with Gasteiger partial charge < -0.3 is 19.4 Å². The Morgan fingerprint density at radius 2 is 1.91 bits per heavy atom. The summed E-state index contributed by atoms with van der Waals surface area (Å²) in [5, 5.41) is 2.68. The van der Waals surface area contributed by atoms with Gasteiger partial charge >= 0.3 is 6.09 Å². The molecule has 7 nitrogen and oxygen atoms in total. The smallest absolute Gasteiger partial charge is 0.409 e. The summed E-state index contributed by atoms with van der Waals surface area (Å²) in [5.74, 6) is 0.365. The number of rotatable bonds is 4. The Morgan fingerprint density at radius 1 is 1.16 bits per heavy atom. The molecule has 0 atom stereocenters. The van der Waals surface area contributed by atoms with Crippen LogP contribution in [0.1, 0.15) is 40.0 Å². The average molecular weight is 435 g/mol. The van der Waals surface area contributed by atoms with Gasteiger partial charge in [0.2, 0.25) is 0 Å². The minimum atomic E-state index is -0.249. The van der Waals surface area contributed by atoms with Crippen molar-refractivity contribution in [3.8, 4) is 11.3 Å². The first kappa shape index (κ1) is 21.9. The van der Waals surface area contributed by atoms with E-state index in [1.807, 2.05) is 25.1 Å². The zero-order valence-electron chi connectivity index (χ0n) is 19.1. The quantitative estimate of drug-likeness (QED) is 0.674. The lowest BCUT2D eigenvalue weighted by molar-refractivity contribution is 0.0962. The first-order chi connectivity index (χ1) is 15.4. The fourth-order valence-electron chi connectivity index (χ4n) is 4.55. The number of nitrogens with zero attached hydrogens (tertiary/aromatic N) is 3. The number of fused-ring (bicyclic) bond motifs is 1. The van der Waals surface area contributed by atoms with Crippen LogP contribution >= 0.6 is 0 Å². The van der Waals surface area contributed by atoms with Crippen LogP contribution in [0, 0.1) is 19.8 Å². The zero-order chi connectivity index (χ0) is 22.8. The highest BCUT2D eigenvalue weighted by atomic mass is 16.5. The third-order valence-corrected chi connectivity index (χ3v) is 6.38. The minimum absolute atomic E-state index is 0.0946. The maximum atomic E-state index is 12.0. The zero-order valence-corrected chi connectivity index (χ0v) is 19.1. The van der Waals surface area contributed by atoms with Crippen molar-refractivity contribution in [2.24, 2.45) is 5.92 Å². The van der Waals surface area contributed by atoms with E-state index >= 15 is 0 Å². The Balaban J connectivity index is 1.69. The number of carbonyl (C=O) groups excluding carboxylic acids is 2. The van der Waals surface area contributed by atoms with Gasteiger partial charge in [-0.25, -0.2) is 9.78 Å². The Kier molecular flexibility index (Phi) is 6.17. The maximum absolute atomic E-state index is 12.0. The van der Waals surface area contributed by atoms with Crippen molar-refractivity contribution in [1.29, 1.82) is 0 Å². The molecular formula is C25H30N4O3. The Morgan fingerprint density at radius 3 is 2.56 bits per heavy atom. The predicted molar refractivity (Wildman–Crippen MR) is 124 cm³/mol. The SMILES string of the molecule is CNC(=O)c1ccc(-c2nc3cc(C)ccn3c2CC2CCN(C(=O)OC)CC2)c(C)c1. The average Bonchev–Trinajstić information content (AvgIpc) is 3.15. The van der Waals surface area contributed by atoms with E-state index in [9.17, 15) is 9.59 Å². The van der Waals surface area contributed by atoms with E-state index in [0.717, 1.165) is 41.7 Å². The van der Waals surface area contributed by atoms with E-state index in [2.05, 4.69) is 35.0 Å². The second kappa shape index (κ2) is 9.02. The van der Waals surface area contributed by atoms with E-state index in [0.29, 0.717) is 24.6 Å². The van der Waals surface area contributed by atoms with Gasteiger partial charge in [0.15, 0.2) is 0 Å². The van der Waals surface area contributed by atoms with Gasteiger partial charge in [0, 0.05) is 37.5 Å². The van der Waals surface area contributed by atoms with Crippen LogP contribution in [0.25, 0.3) is 16.9 Å². The molecule has 0 saturated carbocycles. The molecule has 2 amide bonds. The van der Waals surface area contributed by atoms with E-state index in [1.54, 1.807) is 11.9 Å². The molecule has 32 heavy (non-hydrogen) atoms. The lowest BCUT2D eigenvalue weighted by Crippen LogP contribution is -2.38. The lowest BCUT2D eigenvalue weighted by atomic mass is 9.90. The molecule has 0 aliphatic carbocycles. The number of ether oxygens (including phenoxy) is 1. The standard InChI is InChI=1S/C25H30N4O3/c1-16-7-12-29-21(15-18-8-10-28(11-9-18)25(31)32-4)23(27-22(29)13-16)20-6-5-19(14-17(20)2)24(30)26-3/h5-7,12-14,18H,8-11,15H2,1-4H3,(H,26,30). The summed E-state index contributed by atoms with van der Waals surface area (Å²) in [6, 6.07) is 9.97. The minimum Gasteiger partial charge on any atom is -0.453 e. The summed E-state index contributed by atoms with van der Waals surface area (Å²) in [6.45, 7) is 5.51. The molecule has 0 radical (unpaired) electrons. The first-order valence-corrected chi connectivity index (χ1v) is 11.0. The Hall–Kier alpha value is -3.35. The number of hydrogen-bond donors (Lipinski definition) is 1. The third-order valence-electron chi connectivity index (χ3n) is 6.38. The third kappa shape index (κ3) is 4.20. The molecule has 168 valence electrons. The fourth-order valence-corrected chi connectivity index (χ4v) is 4.55. The van der Waals surface area contributed by atoms with Crippen LogP contribution in [0.4, 0.5) is 4.79 Å². The monoisotopic (exact) mass is 434 g/mol. The van der Waals surface area contributed by atoms with E-state index in [-0.39, 0.29) is 12.0 Å². The van der Waals surface area contributed by atoms with E-state index in [4.69, 9.17) is 9.72 Å². The van der Waals surface area contributed by atoms with Crippen LogP contribution in [-0.4, -0.2) is 53.5 Å². The number of aromatic nitrogens is 2. The van der Waals surface area contributed by atoms with Crippen LogP contribution in [0.3, 0.4) is 0 Å². The number of methoxy groups -OCH3 is 1. The molecule has 1 N–H and O–H groups in total. The molecule has 0 unspecified atom stereocenters. The molecule has 0 bridgehead atoms. The molecule has 2 aromatic heterocycles. The van der Waals surface area contributed by atoms with Gasteiger partial charge in [-0.05, 0) is 74.4 Å². The van der Waals surface area contributed by atoms with Gasteiger partial charge in [-0.2, -0.15) is 0 Å². The molecule has 1 aliphatic rings. The number of pyridine rings is 1. The van der Waals surface area contributed by atoms with Gasteiger partial charge in [0.1, 0.15) is 5.65 Å². The number of nitrogens with one attached hydrogen (secondary N) is 1. The van der Waals surface area contributed by atoms with Crippen LogP contribution < -0.4 is 5.32 Å². The van der Waals surface area contributed by atoms with E-state index < -0.39 is 0 Å². The number of hydrogen-bond acceptors (Lipinski definition) is 4. The van der Waals surface area contributed by atoms with Gasteiger partial charge in [-0.15, -0.1) is 0 Å². The summed E-state index contributed by atoms with van der Waals surface area (Å²) >= 11 is 0. The summed E-state index contributed by atoms with van der Waals surface area (Å²) in [7, 11) is 3.07. The summed E-state index contributed by atoms with van der Waals surface area (Å²) in [6.07, 6.45) is 4.59. The highest BCUT2D eigenvalue weighted by molar-refractivity contribution is 5.95. The number of amides is 2. The van der Waals surface area contributed by atoms with Crippen molar-refractivity contribution >= 4 is 17.6 Å². The summed E-state index contributed by atoms with van der Waals surface area (Å²) < 4.78 is 7.05. The van der Waals surface area contributed by atoms with Crippen molar-refractivity contribution in [1.82, 2.24) is 19.6 Å². The second-order valence-corrected chi connectivity index (χ2v) is 8.55. The van der Waals surface area contributed by atoms with Crippen molar-refractivity contribution in [3.05, 3.63) is 58.9 Å². The molecule has 1 aromatic carbocycles. The topological polar surface area (TPSA) is 75.9 Å². The first-order valence-electron chi connectivity index (χ1n) is 11.0. The molecular weight excluding hydrogens is 404 g/mol. The summed E-state index contributed by atoms with van der Waals surface area (Å²) in [4.78, 5) is 30.7. The fraction of sp³-hybridized carbons (Fsp3) is 0.400. The molecule has 3 heterocycles. The van der Waals surface area contributed by atoms with Gasteiger partial charge in [0.25, 0.3) is 5.91 Å². The maximum Gasteiger partial charge on any atom is 0.409 e. The van der Waals surface area contributed by atoms with Crippen LogP contribution in [0.2, 0.25) is 0 Å². The highest BCUT2D eigenvalue weighted by Gasteiger charge is 2.26. The lowest BCUT2D eigenvalue weighted by Gasteiger charge is -2.31. The molecule has 1 aliphatic heterocycles. The van der Waals surface area contributed by atoms with Crippen molar-refractivity contribution in [2.45, 2.75) is 33.1 Å². The highest BCUT2D eigenvalue weighted by Crippen LogP contribution is 2.32. The van der Waals surface area contributed by atoms with Crippen LogP contribution in [-0.2, 0) is 11.2 Å². The molecule has 3 aromatic rings. The molecule has 1 fully saturated rings. The number of benzene rings is 1. The molecule has 1 saturated heterocycles. The molecule has 4 rings (SSSR count). The van der Waals surface area contributed by atoms with Crippen LogP contribution in [0.5, 0.6) is 0 Å². The normalized spacial score (nSPS) is 14.6. The summed E-state index contributed by atoms with van der Waals surface area (Å²) in [5.41, 5.74) is 6.94. The second-order valence-electron chi connectivity index (χ2n) is 8.55. The van der Waals surface area contributed by atoms with Crippen molar-refractivity contribution in [3.63, 3.8) is 0 Å². The number of piperidine rings is 1. The Labute approximate surface area is 188 Å². The van der Waals surface area contributed by atoms with E-state index in [1.165, 1.54) is 18.4 Å². The van der Waals surface area contributed by atoms with Gasteiger partial charge in [0.05, 0.1) is 18.5 Å². The molecule has 0 spiro atoms. The Bertz CT molecular complexity index is 1160. The van der Waals surface area contributed by atoms with Crippen molar-refractivity contribution < 1.29 is 14.3 Å². The number of carbonyl (C=O) groups is 2. The predicted octanol–water partition coefficient (Wildman–Crippen LogP) is 4.00. The van der Waals surface area contributed by atoms with Crippen LogP contribution in [0.15, 0.2) is 36.5 Å². The van der Waals surface area contributed by atoms with Crippen molar-refractivity contribution in [2.75, 3.05) is 27.2 Å². The van der Waals surface area contributed by atoms with Gasteiger partial charge in [-0.3, -0.25) is 4.79 Å². The number of imidazole rings is 1. The van der Waals surface area contributed by atoms with Gasteiger partial charge in [-0.1, -0.05) is 6.07 Å². The largest absolute Gasteiger partial charge is 0.453 e.